The number of hydrogen-bond acceptors (Lipinski definition) is 4. The first-order valence-corrected chi connectivity index (χ1v) is 9.85. The monoisotopic (exact) mass is 381 g/mol. The van der Waals surface area contributed by atoms with Crippen molar-refractivity contribution < 1.29 is 19.1 Å². The predicted molar refractivity (Wildman–Crippen MR) is 109 cm³/mol. The molecule has 0 radical (unpaired) electrons. The molecule has 0 bridgehead atoms. The molecule has 5 nitrogen and oxygen atoms in total. The zero-order valence-electron chi connectivity index (χ0n) is 16.7. The molecule has 0 fully saturated rings. The summed E-state index contributed by atoms with van der Waals surface area (Å²) in [6.07, 6.45) is 3.94. The van der Waals surface area contributed by atoms with E-state index in [4.69, 9.17) is 9.47 Å². The van der Waals surface area contributed by atoms with Crippen LogP contribution in [0.25, 0.3) is 0 Å². The molecule has 1 amide bonds. The van der Waals surface area contributed by atoms with Crippen LogP contribution in [-0.2, 0) is 22.4 Å². The summed E-state index contributed by atoms with van der Waals surface area (Å²) in [6.45, 7) is 5.66. The van der Waals surface area contributed by atoms with E-state index in [1.807, 2.05) is 19.1 Å². The molecule has 0 saturated carbocycles. The fraction of sp³-hybridized carbons (Fsp3) is 0.391. The van der Waals surface area contributed by atoms with Crippen molar-refractivity contribution in [3.63, 3.8) is 0 Å². The fourth-order valence-corrected chi connectivity index (χ4v) is 3.37. The summed E-state index contributed by atoms with van der Waals surface area (Å²) >= 11 is 0. The third kappa shape index (κ3) is 4.71. The highest BCUT2D eigenvalue weighted by Crippen LogP contribution is 2.26. The number of carbonyl (C=O) groups is 2. The minimum absolute atomic E-state index is 0.262. The fourth-order valence-electron chi connectivity index (χ4n) is 3.37. The number of carbonyl (C=O) groups excluding carboxylic acids is 2. The lowest BCUT2D eigenvalue weighted by Gasteiger charge is -2.19. The van der Waals surface area contributed by atoms with Gasteiger partial charge in [-0.2, -0.15) is 0 Å². The van der Waals surface area contributed by atoms with E-state index >= 15 is 0 Å². The molecular weight excluding hydrogens is 354 g/mol. The van der Waals surface area contributed by atoms with E-state index in [0.717, 1.165) is 18.4 Å². The molecule has 28 heavy (non-hydrogen) atoms. The number of anilines is 1. The van der Waals surface area contributed by atoms with Gasteiger partial charge in [0.15, 0.2) is 6.10 Å². The van der Waals surface area contributed by atoms with Gasteiger partial charge < -0.3 is 14.8 Å². The Hall–Kier alpha value is -2.82. The van der Waals surface area contributed by atoms with Crippen molar-refractivity contribution in [2.24, 2.45) is 0 Å². The molecule has 0 unspecified atom stereocenters. The lowest BCUT2D eigenvalue weighted by Crippen LogP contribution is -2.30. The summed E-state index contributed by atoms with van der Waals surface area (Å²) in [5.74, 6) is 0.0403. The third-order valence-corrected chi connectivity index (χ3v) is 5.01. The summed E-state index contributed by atoms with van der Waals surface area (Å²) < 4.78 is 10.9. The summed E-state index contributed by atoms with van der Waals surface area (Å²) in [7, 11) is 0. The predicted octanol–water partition coefficient (Wildman–Crippen LogP) is 4.46. The number of amides is 1. The summed E-state index contributed by atoms with van der Waals surface area (Å²) in [5.41, 5.74) is 4.54. The van der Waals surface area contributed by atoms with E-state index < -0.39 is 12.1 Å². The van der Waals surface area contributed by atoms with Crippen LogP contribution in [-0.4, -0.2) is 24.6 Å². The van der Waals surface area contributed by atoms with Crippen LogP contribution in [0.2, 0.25) is 0 Å². The van der Waals surface area contributed by atoms with E-state index in [1.165, 1.54) is 24.0 Å². The standard InChI is InChI=1S/C23H27NO4/c1-4-27-23(26)19-10-9-15(2)21(14-19)24-22(25)16(3)28-20-12-11-17-7-5-6-8-18(17)13-20/h9-14,16H,4-8H2,1-3H3,(H,24,25)/t16-/m1/s1. The van der Waals surface area contributed by atoms with E-state index in [-0.39, 0.29) is 5.91 Å². The molecule has 1 aliphatic carbocycles. The molecule has 0 heterocycles. The molecule has 148 valence electrons. The maximum Gasteiger partial charge on any atom is 0.338 e. The lowest BCUT2D eigenvalue weighted by molar-refractivity contribution is -0.122. The third-order valence-electron chi connectivity index (χ3n) is 5.01. The van der Waals surface area contributed by atoms with Crippen LogP contribution < -0.4 is 10.1 Å². The van der Waals surface area contributed by atoms with Crippen molar-refractivity contribution in [2.75, 3.05) is 11.9 Å². The van der Waals surface area contributed by atoms with Crippen LogP contribution in [0, 0.1) is 6.92 Å². The first kappa shape index (κ1) is 19.9. The average Bonchev–Trinajstić information content (AvgIpc) is 2.69. The Bertz CT molecular complexity index is 875. The summed E-state index contributed by atoms with van der Waals surface area (Å²) in [4.78, 5) is 24.5. The quantitative estimate of drug-likeness (QED) is 0.751. The minimum Gasteiger partial charge on any atom is -0.481 e. The van der Waals surface area contributed by atoms with E-state index in [0.29, 0.717) is 23.6 Å². The molecule has 5 heteroatoms. The van der Waals surface area contributed by atoms with Crippen LogP contribution in [0.3, 0.4) is 0 Å². The van der Waals surface area contributed by atoms with Crippen molar-refractivity contribution in [3.8, 4) is 5.75 Å². The zero-order chi connectivity index (χ0) is 20.1. The Morgan fingerprint density at radius 1 is 1.07 bits per heavy atom. The van der Waals surface area contributed by atoms with Gasteiger partial charge in [-0.05, 0) is 87.4 Å². The Morgan fingerprint density at radius 3 is 2.57 bits per heavy atom. The second-order valence-electron chi connectivity index (χ2n) is 7.14. The molecular formula is C23H27NO4. The van der Waals surface area contributed by atoms with Gasteiger partial charge in [-0.15, -0.1) is 0 Å². The highest BCUT2D eigenvalue weighted by atomic mass is 16.5. The molecule has 1 atom stereocenters. The molecule has 0 spiro atoms. The van der Waals surface area contributed by atoms with Crippen molar-refractivity contribution in [3.05, 3.63) is 58.7 Å². The molecule has 3 rings (SSSR count). The molecule has 2 aromatic carbocycles. The number of aryl methyl sites for hydroxylation is 3. The molecule has 2 aromatic rings. The number of rotatable bonds is 6. The maximum atomic E-state index is 12.6. The van der Waals surface area contributed by atoms with E-state index in [2.05, 4.69) is 11.4 Å². The van der Waals surface area contributed by atoms with Crippen molar-refractivity contribution in [1.82, 2.24) is 0 Å². The van der Waals surface area contributed by atoms with Gasteiger partial charge in [0, 0.05) is 5.69 Å². The number of nitrogens with one attached hydrogen (secondary N) is 1. The Morgan fingerprint density at radius 2 is 1.82 bits per heavy atom. The second kappa shape index (κ2) is 8.91. The first-order valence-electron chi connectivity index (χ1n) is 9.85. The van der Waals surface area contributed by atoms with Crippen LogP contribution in [0.4, 0.5) is 5.69 Å². The number of hydrogen-bond donors (Lipinski definition) is 1. The maximum absolute atomic E-state index is 12.6. The number of fused-ring (bicyclic) bond motifs is 1. The van der Waals surface area contributed by atoms with Gasteiger partial charge in [0.1, 0.15) is 5.75 Å². The van der Waals surface area contributed by atoms with Crippen molar-refractivity contribution >= 4 is 17.6 Å². The lowest BCUT2D eigenvalue weighted by atomic mass is 9.92. The van der Waals surface area contributed by atoms with Crippen LogP contribution in [0.1, 0.15) is 53.7 Å². The van der Waals surface area contributed by atoms with Gasteiger partial charge in [-0.3, -0.25) is 4.79 Å². The van der Waals surface area contributed by atoms with Gasteiger partial charge in [-0.1, -0.05) is 12.1 Å². The molecule has 0 aromatic heterocycles. The highest BCUT2D eigenvalue weighted by Gasteiger charge is 2.18. The smallest absolute Gasteiger partial charge is 0.338 e. The molecule has 0 aliphatic heterocycles. The van der Waals surface area contributed by atoms with Gasteiger partial charge >= 0.3 is 5.97 Å². The van der Waals surface area contributed by atoms with Gasteiger partial charge in [0.25, 0.3) is 5.91 Å². The van der Waals surface area contributed by atoms with E-state index in [1.54, 1.807) is 32.0 Å². The minimum atomic E-state index is -0.660. The van der Waals surface area contributed by atoms with E-state index in [9.17, 15) is 9.59 Å². The van der Waals surface area contributed by atoms with Gasteiger partial charge in [0.2, 0.25) is 0 Å². The Balaban J connectivity index is 1.67. The number of benzene rings is 2. The van der Waals surface area contributed by atoms with Crippen molar-refractivity contribution in [2.45, 2.75) is 52.6 Å². The Kier molecular flexibility index (Phi) is 6.34. The summed E-state index contributed by atoms with van der Waals surface area (Å²) in [5, 5.41) is 2.86. The number of ether oxygens (including phenoxy) is 2. The molecule has 1 N–H and O–H groups in total. The largest absolute Gasteiger partial charge is 0.481 e. The van der Waals surface area contributed by atoms with Crippen LogP contribution in [0.15, 0.2) is 36.4 Å². The number of esters is 1. The topological polar surface area (TPSA) is 64.6 Å². The molecule has 1 aliphatic rings. The van der Waals surface area contributed by atoms with Gasteiger partial charge in [-0.25, -0.2) is 4.79 Å². The van der Waals surface area contributed by atoms with Crippen molar-refractivity contribution in [1.29, 1.82) is 0 Å². The zero-order valence-corrected chi connectivity index (χ0v) is 16.7. The van der Waals surface area contributed by atoms with Gasteiger partial charge in [0.05, 0.1) is 12.2 Å². The van der Waals surface area contributed by atoms with Crippen LogP contribution >= 0.6 is 0 Å². The highest BCUT2D eigenvalue weighted by molar-refractivity contribution is 5.97. The second-order valence-corrected chi connectivity index (χ2v) is 7.14. The summed E-state index contributed by atoms with van der Waals surface area (Å²) in [6, 6.07) is 11.2. The average molecular weight is 381 g/mol. The first-order chi connectivity index (χ1) is 13.5. The Labute approximate surface area is 166 Å². The normalized spacial score (nSPS) is 14.0. The SMILES string of the molecule is CCOC(=O)c1ccc(C)c(NC(=O)[C@@H](C)Oc2ccc3c(c2)CCCC3)c1. The van der Waals surface area contributed by atoms with Crippen LogP contribution in [0.5, 0.6) is 5.75 Å². The molecule has 0 saturated heterocycles.